The van der Waals surface area contributed by atoms with Gasteiger partial charge in [0.05, 0.1) is 4.90 Å². The Morgan fingerprint density at radius 3 is 2.53 bits per heavy atom. The molecule has 2 unspecified atom stereocenters. The van der Waals surface area contributed by atoms with E-state index in [1.165, 1.54) is 28.6 Å². The molecule has 1 aromatic rings. The molecule has 1 aromatic carbocycles. The Morgan fingerprint density at radius 2 is 1.93 bits per heavy atom. The molecule has 1 saturated heterocycles. The predicted molar refractivity (Wildman–Crippen MR) is 115 cm³/mol. The molecule has 0 radical (unpaired) electrons. The van der Waals surface area contributed by atoms with E-state index in [0.29, 0.717) is 24.4 Å². The zero-order valence-electron chi connectivity index (χ0n) is 17.8. The monoisotopic (exact) mass is 459 g/mol. The third-order valence-corrected chi connectivity index (χ3v) is 6.63. The van der Waals surface area contributed by atoms with Crippen LogP contribution in [0.15, 0.2) is 29.2 Å². The Morgan fingerprint density at radius 1 is 1.30 bits per heavy atom. The summed E-state index contributed by atoms with van der Waals surface area (Å²) in [5, 5.41) is 5.83. The molecule has 8 nitrogen and oxygen atoms in total. The number of hydrogen-bond donors (Lipinski definition) is 2. The molecule has 2 N–H and O–H groups in total. The number of sulfonamides is 1. The van der Waals surface area contributed by atoms with Crippen LogP contribution in [0.5, 0.6) is 0 Å². The van der Waals surface area contributed by atoms with Crippen molar-refractivity contribution in [3.05, 3.63) is 29.3 Å². The lowest BCUT2D eigenvalue weighted by Crippen LogP contribution is -2.53. The number of nitrogens with zero attached hydrogens (tertiary/aromatic N) is 1. The van der Waals surface area contributed by atoms with Gasteiger partial charge in [0.15, 0.2) is 0 Å². The molecular formula is C20H30ClN3O5S. The zero-order valence-corrected chi connectivity index (χ0v) is 19.3. The lowest BCUT2D eigenvalue weighted by atomic mass is 10.1. The summed E-state index contributed by atoms with van der Waals surface area (Å²) < 4.78 is 33.2. The number of amides is 2. The van der Waals surface area contributed by atoms with Crippen LogP contribution in [0.4, 0.5) is 4.79 Å². The van der Waals surface area contributed by atoms with Gasteiger partial charge in [-0.2, -0.15) is 4.31 Å². The van der Waals surface area contributed by atoms with Crippen molar-refractivity contribution >= 4 is 33.6 Å². The van der Waals surface area contributed by atoms with Crippen LogP contribution in [0, 0.1) is 0 Å². The smallest absolute Gasteiger partial charge is 0.407 e. The Labute approximate surface area is 183 Å². The van der Waals surface area contributed by atoms with Crippen molar-refractivity contribution in [2.45, 2.75) is 69.5 Å². The van der Waals surface area contributed by atoms with Gasteiger partial charge in [-0.05, 0) is 71.2 Å². The maximum absolute atomic E-state index is 13.4. The molecular weight excluding hydrogens is 430 g/mol. The molecule has 2 amide bonds. The summed E-state index contributed by atoms with van der Waals surface area (Å²) in [6.07, 6.45) is 1.24. The molecule has 1 heterocycles. The minimum Gasteiger partial charge on any atom is -0.444 e. The number of carbonyl (C=O) groups excluding carboxylic acids is 2. The number of benzene rings is 1. The van der Waals surface area contributed by atoms with E-state index < -0.39 is 33.8 Å². The van der Waals surface area contributed by atoms with E-state index in [1.807, 2.05) is 0 Å². The van der Waals surface area contributed by atoms with Gasteiger partial charge in [0.25, 0.3) is 0 Å². The summed E-state index contributed by atoms with van der Waals surface area (Å²) in [7, 11) is -4.01. The first kappa shape index (κ1) is 24.4. The van der Waals surface area contributed by atoms with E-state index in [-0.39, 0.29) is 17.3 Å². The Hall–Kier alpha value is -1.84. The van der Waals surface area contributed by atoms with Crippen molar-refractivity contribution in [2.24, 2.45) is 0 Å². The summed E-state index contributed by atoms with van der Waals surface area (Å²) in [6.45, 7) is 7.32. The zero-order chi connectivity index (χ0) is 22.5. The lowest BCUT2D eigenvalue weighted by molar-refractivity contribution is -0.124. The largest absolute Gasteiger partial charge is 0.444 e. The highest BCUT2D eigenvalue weighted by atomic mass is 35.5. The summed E-state index contributed by atoms with van der Waals surface area (Å²) in [6, 6.07) is 4.34. The van der Waals surface area contributed by atoms with Gasteiger partial charge in [-0.15, -0.1) is 0 Å². The van der Waals surface area contributed by atoms with Gasteiger partial charge < -0.3 is 15.4 Å². The van der Waals surface area contributed by atoms with Crippen LogP contribution in [0.25, 0.3) is 0 Å². The second-order valence-electron chi connectivity index (χ2n) is 8.38. The van der Waals surface area contributed by atoms with Crippen LogP contribution >= 0.6 is 11.6 Å². The van der Waals surface area contributed by atoms with E-state index in [9.17, 15) is 18.0 Å². The Bertz CT molecular complexity index is 852. The molecule has 0 saturated carbocycles. The van der Waals surface area contributed by atoms with Crippen molar-refractivity contribution in [1.29, 1.82) is 0 Å². The number of alkyl carbamates (subject to hydrolysis) is 1. The Balaban J connectivity index is 2.30. The Kier molecular flexibility index (Phi) is 8.13. The highest BCUT2D eigenvalue weighted by Gasteiger charge is 2.37. The molecule has 0 spiro atoms. The number of carbonyl (C=O) groups is 2. The highest BCUT2D eigenvalue weighted by molar-refractivity contribution is 7.89. The summed E-state index contributed by atoms with van der Waals surface area (Å²) in [5.41, 5.74) is -0.681. The van der Waals surface area contributed by atoms with Gasteiger partial charge in [-0.25, -0.2) is 13.2 Å². The second-order valence-corrected chi connectivity index (χ2v) is 10.7. The SMILES string of the molecule is CC(CN(C1CCCCNC1=O)S(=O)(=O)c1ccc(Cl)cc1)NC(=O)OC(C)(C)C. The van der Waals surface area contributed by atoms with E-state index in [1.54, 1.807) is 27.7 Å². The van der Waals surface area contributed by atoms with E-state index >= 15 is 0 Å². The molecule has 1 fully saturated rings. The van der Waals surface area contributed by atoms with Crippen molar-refractivity contribution < 1.29 is 22.7 Å². The summed E-state index contributed by atoms with van der Waals surface area (Å²) in [5.74, 6) is -0.338. The van der Waals surface area contributed by atoms with Crippen LogP contribution in [0.3, 0.4) is 0 Å². The number of nitrogens with one attached hydrogen (secondary N) is 2. The minimum atomic E-state index is -4.01. The van der Waals surface area contributed by atoms with Gasteiger partial charge in [-0.1, -0.05) is 11.6 Å². The quantitative estimate of drug-likeness (QED) is 0.680. The summed E-state index contributed by atoms with van der Waals surface area (Å²) >= 11 is 5.90. The van der Waals surface area contributed by atoms with Gasteiger partial charge in [0.2, 0.25) is 15.9 Å². The average Bonchev–Trinajstić information content (AvgIpc) is 2.82. The highest BCUT2D eigenvalue weighted by Crippen LogP contribution is 2.24. The van der Waals surface area contributed by atoms with Crippen molar-refractivity contribution in [2.75, 3.05) is 13.1 Å². The van der Waals surface area contributed by atoms with E-state index in [2.05, 4.69) is 10.6 Å². The second kappa shape index (κ2) is 9.98. The normalized spacial score (nSPS) is 19.0. The molecule has 0 bridgehead atoms. The molecule has 0 aromatic heterocycles. The minimum absolute atomic E-state index is 0.0356. The van der Waals surface area contributed by atoms with Crippen LogP contribution in [-0.4, -0.2) is 55.5 Å². The van der Waals surface area contributed by atoms with Gasteiger partial charge in [0, 0.05) is 24.2 Å². The topological polar surface area (TPSA) is 105 Å². The number of ether oxygens (including phenoxy) is 1. The first-order valence-electron chi connectivity index (χ1n) is 9.95. The maximum Gasteiger partial charge on any atom is 0.407 e. The molecule has 2 rings (SSSR count). The third kappa shape index (κ3) is 6.85. The molecule has 10 heteroatoms. The van der Waals surface area contributed by atoms with Crippen LogP contribution in [0.2, 0.25) is 5.02 Å². The van der Waals surface area contributed by atoms with Gasteiger partial charge in [0.1, 0.15) is 11.6 Å². The van der Waals surface area contributed by atoms with Crippen LogP contribution in [-0.2, 0) is 19.6 Å². The average molecular weight is 460 g/mol. The predicted octanol–water partition coefficient (Wildman–Crippen LogP) is 2.91. The maximum atomic E-state index is 13.4. The number of halogens is 1. The van der Waals surface area contributed by atoms with Crippen LogP contribution in [0.1, 0.15) is 47.0 Å². The van der Waals surface area contributed by atoms with Crippen molar-refractivity contribution in [3.8, 4) is 0 Å². The molecule has 1 aliphatic heterocycles. The molecule has 1 aliphatic rings. The van der Waals surface area contributed by atoms with Gasteiger partial charge >= 0.3 is 6.09 Å². The van der Waals surface area contributed by atoms with Crippen molar-refractivity contribution in [1.82, 2.24) is 14.9 Å². The molecule has 2 atom stereocenters. The molecule has 168 valence electrons. The fraction of sp³-hybridized carbons (Fsp3) is 0.600. The number of hydrogen-bond acceptors (Lipinski definition) is 5. The standard InChI is InChI=1S/C20H30ClN3O5S/c1-14(23-19(26)29-20(2,3)4)13-24(17-7-5-6-12-22-18(17)25)30(27,28)16-10-8-15(21)9-11-16/h8-11,14,17H,5-7,12-13H2,1-4H3,(H,22,25)(H,23,26). The van der Waals surface area contributed by atoms with Crippen LogP contribution < -0.4 is 10.6 Å². The van der Waals surface area contributed by atoms with E-state index in [4.69, 9.17) is 16.3 Å². The third-order valence-electron chi connectivity index (χ3n) is 4.49. The van der Waals surface area contributed by atoms with Crippen molar-refractivity contribution in [3.63, 3.8) is 0 Å². The van der Waals surface area contributed by atoms with E-state index in [0.717, 1.165) is 6.42 Å². The first-order chi connectivity index (χ1) is 13.9. The summed E-state index contributed by atoms with van der Waals surface area (Å²) in [4.78, 5) is 24.8. The van der Waals surface area contributed by atoms with Gasteiger partial charge in [-0.3, -0.25) is 4.79 Å². The fourth-order valence-corrected chi connectivity index (χ4v) is 4.99. The lowest BCUT2D eigenvalue weighted by Gasteiger charge is -2.31. The molecule has 30 heavy (non-hydrogen) atoms. The number of rotatable bonds is 6. The molecule has 0 aliphatic carbocycles. The first-order valence-corrected chi connectivity index (χ1v) is 11.8. The fourth-order valence-electron chi connectivity index (χ4n) is 3.16.